The molecule has 15 heavy (non-hydrogen) atoms. The monoisotopic (exact) mass is 208 g/mol. The number of hydrogen-bond acceptors (Lipinski definition) is 2. The Morgan fingerprint density at radius 2 is 1.67 bits per heavy atom. The molecule has 2 aliphatic carbocycles. The molecule has 2 nitrogen and oxygen atoms in total. The molecule has 2 heteroatoms. The number of hydrogen-bond donors (Lipinski definition) is 0. The topological polar surface area (TPSA) is 26.3 Å². The zero-order valence-electron chi connectivity index (χ0n) is 9.71. The average molecular weight is 208 g/mol. The van der Waals surface area contributed by atoms with E-state index in [0.717, 1.165) is 18.4 Å². The molecule has 0 heterocycles. The minimum absolute atomic E-state index is 0.0795. The maximum atomic E-state index is 11.8. The van der Waals surface area contributed by atoms with Crippen molar-refractivity contribution in [3.63, 3.8) is 0 Å². The van der Waals surface area contributed by atoms with Gasteiger partial charge in [0.25, 0.3) is 0 Å². The van der Waals surface area contributed by atoms with Gasteiger partial charge in [-0.15, -0.1) is 0 Å². The summed E-state index contributed by atoms with van der Waals surface area (Å²) in [6.45, 7) is 4.00. The van der Waals surface area contributed by atoms with Crippen LogP contribution >= 0.6 is 0 Å². The predicted molar refractivity (Wildman–Crippen MR) is 59.4 cm³/mol. The van der Waals surface area contributed by atoms with Gasteiger partial charge in [-0.05, 0) is 51.9 Å². The Morgan fingerprint density at radius 1 is 1.07 bits per heavy atom. The van der Waals surface area contributed by atoms with Crippen LogP contribution in [-0.4, -0.2) is 12.1 Å². The molecule has 0 radical (unpaired) electrons. The lowest BCUT2D eigenvalue weighted by Gasteiger charge is -2.29. The third kappa shape index (κ3) is 2.24. The van der Waals surface area contributed by atoms with E-state index in [-0.39, 0.29) is 12.1 Å². The second-order valence-electron chi connectivity index (χ2n) is 4.89. The Bertz CT molecular complexity index is 283. The maximum Gasteiger partial charge on any atom is 0.333 e. The summed E-state index contributed by atoms with van der Waals surface area (Å²) in [4.78, 5) is 11.8. The third-order valence-corrected chi connectivity index (χ3v) is 3.94. The summed E-state index contributed by atoms with van der Waals surface area (Å²) in [5, 5.41) is 0. The van der Waals surface area contributed by atoms with Crippen LogP contribution in [0.5, 0.6) is 0 Å². The van der Waals surface area contributed by atoms with Gasteiger partial charge in [-0.2, -0.15) is 0 Å². The number of allylic oxidation sites excluding steroid dienone is 1. The summed E-state index contributed by atoms with van der Waals surface area (Å²) in [6.07, 6.45) is 7.35. The van der Waals surface area contributed by atoms with Crippen LogP contribution < -0.4 is 0 Å². The van der Waals surface area contributed by atoms with Crippen LogP contribution in [0.1, 0.15) is 52.4 Å². The van der Waals surface area contributed by atoms with Gasteiger partial charge >= 0.3 is 5.97 Å². The Balaban J connectivity index is 1.91. The van der Waals surface area contributed by atoms with Crippen LogP contribution in [0, 0.1) is 5.92 Å². The van der Waals surface area contributed by atoms with Gasteiger partial charge < -0.3 is 4.74 Å². The van der Waals surface area contributed by atoms with Gasteiger partial charge in [-0.1, -0.05) is 12.0 Å². The van der Waals surface area contributed by atoms with E-state index in [4.69, 9.17) is 4.74 Å². The smallest absolute Gasteiger partial charge is 0.333 e. The molecule has 0 amide bonds. The van der Waals surface area contributed by atoms with E-state index in [2.05, 4.69) is 6.92 Å². The first-order chi connectivity index (χ1) is 7.18. The summed E-state index contributed by atoms with van der Waals surface area (Å²) in [5.74, 6) is 0.572. The van der Waals surface area contributed by atoms with Crippen molar-refractivity contribution in [1.82, 2.24) is 0 Å². The van der Waals surface area contributed by atoms with E-state index in [9.17, 15) is 4.79 Å². The van der Waals surface area contributed by atoms with E-state index >= 15 is 0 Å². The van der Waals surface area contributed by atoms with Gasteiger partial charge in [-0.3, -0.25) is 0 Å². The predicted octanol–water partition coefficient (Wildman–Crippen LogP) is 3.22. The second-order valence-corrected chi connectivity index (χ2v) is 4.89. The number of carbonyl (C=O) groups excluding carboxylic acids is 1. The van der Waals surface area contributed by atoms with E-state index < -0.39 is 0 Å². The largest absolute Gasteiger partial charge is 0.459 e. The molecule has 0 N–H and O–H groups in total. The highest BCUT2D eigenvalue weighted by atomic mass is 16.5. The van der Waals surface area contributed by atoms with Gasteiger partial charge in [0.15, 0.2) is 0 Å². The van der Waals surface area contributed by atoms with E-state index in [0.29, 0.717) is 5.92 Å². The van der Waals surface area contributed by atoms with Crippen molar-refractivity contribution in [3.8, 4) is 0 Å². The third-order valence-electron chi connectivity index (χ3n) is 3.94. The average Bonchev–Trinajstić information content (AvgIpc) is 2.06. The highest BCUT2D eigenvalue weighted by Crippen LogP contribution is 2.34. The van der Waals surface area contributed by atoms with Crippen LogP contribution in [0.15, 0.2) is 11.1 Å². The zero-order chi connectivity index (χ0) is 10.8. The van der Waals surface area contributed by atoms with Crippen molar-refractivity contribution in [2.24, 2.45) is 5.92 Å². The highest BCUT2D eigenvalue weighted by Gasteiger charge is 2.26. The van der Waals surface area contributed by atoms with Crippen LogP contribution in [0.25, 0.3) is 0 Å². The van der Waals surface area contributed by atoms with Gasteiger partial charge in [0.2, 0.25) is 0 Å². The number of esters is 1. The zero-order valence-corrected chi connectivity index (χ0v) is 9.71. The molecule has 0 aliphatic heterocycles. The molecule has 0 unspecified atom stereocenters. The molecule has 0 atom stereocenters. The Hall–Kier alpha value is -0.790. The summed E-state index contributed by atoms with van der Waals surface area (Å²) in [5.41, 5.74) is 2.11. The van der Waals surface area contributed by atoms with Crippen LogP contribution in [-0.2, 0) is 9.53 Å². The summed E-state index contributed by atoms with van der Waals surface area (Å²) >= 11 is 0. The SMILES string of the molecule is CC(C(=O)OC1CCC1)=C(C)C1CCC1. The molecular formula is C13H20O2. The van der Waals surface area contributed by atoms with Gasteiger partial charge in [0.05, 0.1) is 0 Å². The maximum absolute atomic E-state index is 11.8. The molecule has 0 spiro atoms. The first-order valence-electron chi connectivity index (χ1n) is 6.07. The highest BCUT2D eigenvalue weighted by molar-refractivity contribution is 5.88. The molecule has 84 valence electrons. The molecule has 2 rings (SSSR count). The molecule has 0 aromatic rings. The van der Waals surface area contributed by atoms with Crippen LogP contribution in [0.4, 0.5) is 0 Å². The van der Waals surface area contributed by atoms with E-state index in [1.54, 1.807) is 0 Å². The fourth-order valence-corrected chi connectivity index (χ4v) is 2.04. The minimum atomic E-state index is -0.0795. The standard InChI is InChI=1S/C13H20O2/c1-9(11-5-3-6-11)10(2)13(14)15-12-7-4-8-12/h11-12H,3-8H2,1-2H3. The first kappa shape index (κ1) is 10.7. The Kier molecular flexibility index (Phi) is 3.13. The number of rotatable bonds is 3. The Labute approximate surface area is 91.7 Å². The molecule has 0 aromatic heterocycles. The minimum Gasteiger partial charge on any atom is -0.459 e. The van der Waals surface area contributed by atoms with Gasteiger partial charge in [-0.25, -0.2) is 4.79 Å². The van der Waals surface area contributed by atoms with Crippen LogP contribution in [0.2, 0.25) is 0 Å². The molecule has 0 bridgehead atoms. The van der Waals surface area contributed by atoms with Crippen molar-refractivity contribution in [1.29, 1.82) is 0 Å². The Morgan fingerprint density at radius 3 is 2.07 bits per heavy atom. The molecule has 0 aromatic carbocycles. The summed E-state index contributed by atoms with van der Waals surface area (Å²) < 4.78 is 5.39. The molecule has 0 saturated heterocycles. The van der Waals surface area contributed by atoms with Gasteiger partial charge in [0, 0.05) is 5.57 Å². The second kappa shape index (κ2) is 4.38. The molecule has 2 saturated carbocycles. The van der Waals surface area contributed by atoms with Crippen molar-refractivity contribution < 1.29 is 9.53 Å². The van der Waals surface area contributed by atoms with E-state index in [1.165, 1.54) is 31.3 Å². The number of ether oxygens (including phenoxy) is 1. The first-order valence-corrected chi connectivity index (χ1v) is 6.07. The quantitative estimate of drug-likeness (QED) is 0.526. The molecule has 2 aliphatic rings. The van der Waals surface area contributed by atoms with E-state index in [1.807, 2.05) is 6.92 Å². The van der Waals surface area contributed by atoms with Crippen molar-refractivity contribution in [2.45, 2.75) is 58.5 Å². The summed E-state index contributed by atoms with van der Waals surface area (Å²) in [7, 11) is 0. The van der Waals surface area contributed by atoms with Gasteiger partial charge in [0.1, 0.15) is 6.10 Å². The number of carbonyl (C=O) groups is 1. The van der Waals surface area contributed by atoms with Crippen molar-refractivity contribution in [3.05, 3.63) is 11.1 Å². The fourth-order valence-electron chi connectivity index (χ4n) is 2.04. The lowest BCUT2D eigenvalue weighted by Crippen LogP contribution is -2.26. The normalized spacial score (nSPS) is 23.9. The molecule has 2 fully saturated rings. The lowest BCUT2D eigenvalue weighted by molar-refractivity contribution is -0.148. The lowest BCUT2D eigenvalue weighted by atomic mass is 9.78. The van der Waals surface area contributed by atoms with Crippen molar-refractivity contribution in [2.75, 3.05) is 0 Å². The van der Waals surface area contributed by atoms with Crippen molar-refractivity contribution >= 4 is 5.97 Å². The summed E-state index contributed by atoms with van der Waals surface area (Å²) in [6, 6.07) is 0. The fraction of sp³-hybridized carbons (Fsp3) is 0.769. The van der Waals surface area contributed by atoms with Crippen LogP contribution in [0.3, 0.4) is 0 Å². The molecular weight excluding hydrogens is 188 g/mol.